The van der Waals surface area contributed by atoms with Crippen LogP contribution in [-0.4, -0.2) is 43.0 Å². The number of alkyl halides is 6. The zero-order chi connectivity index (χ0) is 27.3. The van der Waals surface area contributed by atoms with Crippen molar-refractivity contribution in [2.45, 2.75) is 60.3 Å². The molecular formula is C27H28F6N2O2S. The van der Waals surface area contributed by atoms with Gasteiger partial charge in [0.05, 0.1) is 24.3 Å². The van der Waals surface area contributed by atoms with Crippen molar-refractivity contribution >= 4 is 23.2 Å². The third-order valence-corrected chi connectivity index (χ3v) is 7.57. The van der Waals surface area contributed by atoms with Gasteiger partial charge in [-0.15, -0.1) is 0 Å². The molecule has 206 valence electrons. The number of ether oxygens (including phenoxy) is 1. The first kappa shape index (κ1) is 28.4. The molecule has 0 amide bonds. The molecule has 38 heavy (non-hydrogen) atoms. The first-order valence-electron chi connectivity index (χ1n) is 12.4. The standard InChI is InChI=1S/C27H28F6N2O2S/c28-26(29,30)24-21(22(36)11-12-35-13-15-37-16-14-35)9-10-23(25(24)27(31,32)33)38-20-8-4-7-19(17-20)34-18-5-2-1-3-6-18/h4,7-12,17-18,34H,1-3,5-6,13-16H2. The van der Waals surface area contributed by atoms with Gasteiger partial charge in [0.25, 0.3) is 0 Å². The number of carbonyl (C=O) groups is 1. The van der Waals surface area contributed by atoms with Crippen molar-refractivity contribution in [2.24, 2.45) is 0 Å². The van der Waals surface area contributed by atoms with Crippen molar-refractivity contribution in [1.82, 2.24) is 4.90 Å². The lowest BCUT2D eigenvalue weighted by Gasteiger charge is -2.25. The highest BCUT2D eigenvalue weighted by Crippen LogP contribution is 2.48. The minimum Gasteiger partial charge on any atom is -0.382 e. The number of benzene rings is 2. The summed E-state index contributed by atoms with van der Waals surface area (Å²) in [5.74, 6) is -1.15. The predicted octanol–water partition coefficient (Wildman–Crippen LogP) is 7.65. The number of halogens is 6. The predicted molar refractivity (Wildman–Crippen MR) is 133 cm³/mol. The van der Waals surface area contributed by atoms with Crippen LogP contribution < -0.4 is 5.32 Å². The van der Waals surface area contributed by atoms with E-state index in [1.165, 1.54) is 6.20 Å². The van der Waals surface area contributed by atoms with Crippen LogP contribution in [0.3, 0.4) is 0 Å². The van der Waals surface area contributed by atoms with Crippen molar-refractivity contribution < 1.29 is 35.9 Å². The van der Waals surface area contributed by atoms with Crippen LogP contribution in [0.2, 0.25) is 0 Å². The van der Waals surface area contributed by atoms with Crippen molar-refractivity contribution in [3.05, 3.63) is 65.4 Å². The zero-order valence-electron chi connectivity index (χ0n) is 20.5. The zero-order valence-corrected chi connectivity index (χ0v) is 21.3. The summed E-state index contributed by atoms with van der Waals surface area (Å²) in [7, 11) is 0. The van der Waals surface area contributed by atoms with Crippen LogP contribution in [0.4, 0.5) is 32.0 Å². The molecule has 2 fully saturated rings. The molecule has 0 radical (unpaired) electrons. The molecule has 1 saturated carbocycles. The van der Waals surface area contributed by atoms with E-state index >= 15 is 0 Å². The maximum absolute atomic E-state index is 14.2. The molecule has 1 aliphatic heterocycles. The first-order chi connectivity index (χ1) is 18.0. The second-order valence-electron chi connectivity index (χ2n) is 9.29. The van der Waals surface area contributed by atoms with Gasteiger partial charge in [-0.05, 0) is 43.2 Å². The number of nitrogens with one attached hydrogen (secondary N) is 1. The number of anilines is 1. The summed E-state index contributed by atoms with van der Waals surface area (Å²) in [4.78, 5) is 14.1. The van der Waals surface area contributed by atoms with E-state index < -0.39 is 39.7 Å². The summed E-state index contributed by atoms with van der Waals surface area (Å²) in [6.45, 7) is 1.61. The minimum absolute atomic E-state index is 0.252. The van der Waals surface area contributed by atoms with Crippen molar-refractivity contribution in [1.29, 1.82) is 0 Å². The highest BCUT2D eigenvalue weighted by Gasteiger charge is 2.47. The fourth-order valence-corrected chi connectivity index (χ4v) is 5.74. The molecular weight excluding hydrogens is 530 g/mol. The van der Waals surface area contributed by atoms with E-state index in [0.29, 0.717) is 48.6 Å². The fraction of sp³-hybridized carbons (Fsp3) is 0.444. The lowest BCUT2D eigenvalue weighted by molar-refractivity contribution is -0.163. The Labute approximate surface area is 221 Å². The highest BCUT2D eigenvalue weighted by molar-refractivity contribution is 7.99. The molecule has 1 aliphatic carbocycles. The lowest BCUT2D eigenvalue weighted by Crippen LogP contribution is -2.32. The monoisotopic (exact) mass is 558 g/mol. The fourth-order valence-electron chi connectivity index (χ4n) is 4.70. The van der Waals surface area contributed by atoms with Crippen LogP contribution in [-0.2, 0) is 17.1 Å². The highest BCUT2D eigenvalue weighted by atomic mass is 32.2. The molecule has 0 aromatic heterocycles. The van der Waals surface area contributed by atoms with Gasteiger partial charge in [-0.2, -0.15) is 26.3 Å². The van der Waals surface area contributed by atoms with Crippen LogP contribution >= 0.6 is 11.8 Å². The van der Waals surface area contributed by atoms with Gasteiger partial charge in [0.2, 0.25) is 0 Å². The number of allylic oxidation sites excluding steroid dienone is 1. The molecule has 4 rings (SSSR count). The number of hydrogen-bond acceptors (Lipinski definition) is 5. The topological polar surface area (TPSA) is 41.6 Å². The van der Waals surface area contributed by atoms with E-state index in [4.69, 9.17) is 4.74 Å². The van der Waals surface area contributed by atoms with Gasteiger partial charge in [-0.1, -0.05) is 37.1 Å². The van der Waals surface area contributed by atoms with Gasteiger partial charge in [-0.3, -0.25) is 4.79 Å². The Hall–Kier alpha value is -2.66. The summed E-state index contributed by atoms with van der Waals surface area (Å²) >= 11 is 0.593. The lowest BCUT2D eigenvalue weighted by atomic mass is 9.95. The third-order valence-electron chi connectivity index (χ3n) is 6.52. The Kier molecular flexibility index (Phi) is 8.97. The van der Waals surface area contributed by atoms with Crippen LogP contribution in [0, 0.1) is 0 Å². The van der Waals surface area contributed by atoms with Crippen LogP contribution in [0.25, 0.3) is 0 Å². The molecule has 1 saturated heterocycles. The molecule has 2 aromatic carbocycles. The number of hydrogen-bond donors (Lipinski definition) is 1. The van der Waals surface area contributed by atoms with Gasteiger partial charge >= 0.3 is 12.4 Å². The number of nitrogens with zero attached hydrogens (tertiary/aromatic N) is 1. The second-order valence-corrected chi connectivity index (χ2v) is 10.4. The van der Waals surface area contributed by atoms with Gasteiger partial charge in [0.1, 0.15) is 0 Å². The summed E-state index contributed by atoms with van der Waals surface area (Å²) in [5, 5.41) is 3.37. The average Bonchev–Trinajstić information content (AvgIpc) is 2.87. The summed E-state index contributed by atoms with van der Waals surface area (Å²) in [6, 6.07) is 8.65. The Bertz CT molecular complexity index is 1150. The Morgan fingerprint density at radius 3 is 2.29 bits per heavy atom. The molecule has 0 bridgehead atoms. The largest absolute Gasteiger partial charge is 0.418 e. The van der Waals surface area contributed by atoms with E-state index in [0.717, 1.165) is 50.3 Å². The van der Waals surface area contributed by atoms with E-state index in [-0.39, 0.29) is 6.04 Å². The molecule has 0 spiro atoms. The van der Waals surface area contributed by atoms with Crippen LogP contribution in [0.5, 0.6) is 0 Å². The maximum atomic E-state index is 14.2. The first-order valence-corrected chi connectivity index (χ1v) is 13.2. The Morgan fingerprint density at radius 2 is 1.63 bits per heavy atom. The molecule has 1 heterocycles. The van der Waals surface area contributed by atoms with Gasteiger partial charge in [-0.25, -0.2) is 0 Å². The number of rotatable bonds is 7. The summed E-state index contributed by atoms with van der Waals surface area (Å²) in [5.41, 5.74) is -4.16. The molecule has 0 atom stereocenters. The van der Waals surface area contributed by atoms with Gasteiger partial charge in [0, 0.05) is 52.4 Å². The summed E-state index contributed by atoms with van der Waals surface area (Å²) < 4.78 is 90.0. The molecule has 2 aliphatic rings. The molecule has 11 heteroatoms. The molecule has 4 nitrogen and oxygen atoms in total. The van der Waals surface area contributed by atoms with Gasteiger partial charge in [0.15, 0.2) is 5.78 Å². The minimum atomic E-state index is -5.40. The molecule has 2 aromatic rings. The summed E-state index contributed by atoms with van der Waals surface area (Å²) in [6.07, 6.45) is -3.24. The van der Waals surface area contributed by atoms with Gasteiger partial charge < -0.3 is 15.0 Å². The molecule has 1 N–H and O–H groups in total. The quantitative estimate of drug-likeness (QED) is 0.215. The number of morpholine rings is 1. The Morgan fingerprint density at radius 1 is 0.947 bits per heavy atom. The normalized spacial score (nSPS) is 17.7. The van der Waals surface area contributed by atoms with E-state index in [9.17, 15) is 31.1 Å². The third kappa shape index (κ3) is 7.25. The van der Waals surface area contributed by atoms with Crippen molar-refractivity contribution in [3.63, 3.8) is 0 Å². The average molecular weight is 559 g/mol. The molecule has 0 unspecified atom stereocenters. The second kappa shape index (κ2) is 12.0. The van der Waals surface area contributed by atoms with Crippen molar-refractivity contribution in [3.8, 4) is 0 Å². The van der Waals surface area contributed by atoms with Crippen LogP contribution in [0.1, 0.15) is 53.6 Å². The van der Waals surface area contributed by atoms with E-state index in [1.807, 2.05) is 0 Å². The maximum Gasteiger partial charge on any atom is 0.418 e. The van der Waals surface area contributed by atoms with E-state index in [1.54, 1.807) is 29.2 Å². The van der Waals surface area contributed by atoms with E-state index in [2.05, 4.69) is 5.32 Å². The SMILES string of the molecule is O=C(C=CN1CCOCC1)c1ccc(Sc2cccc(NC3CCCCC3)c2)c(C(F)(F)F)c1C(F)(F)F. The van der Waals surface area contributed by atoms with Crippen molar-refractivity contribution in [2.75, 3.05) is 31.6 Å². The Balaban J connectivity index is 1.67. The van der Waals surface area contributed by atoms with Crippen LogP contribution in [0.15, 0.2) is 58.5 Å². The number of ketones is 1. The number of carbonyl (C=O) groups excluding carboxylic acids is 1. The smallest absolute Gasteiger partial charge is 0.382 e.